The lowest BCUT2D eigenvalue weighted by Crippen LogP contribution is -2.69. The van der Waals surface area contributed by atoms with E-state index in [-0.39, 0.29) is 16.7 Å². The second kappa shape index (κ2) is 4.59. The minimum absolute atomic E-state index is 0.00917. The molecular weight excluding hydrogens is 364 g/mol. The van der Waals surface area contributed by atoms with E-state index in [4.69, 9.17) is 0 Å². The van der Waals surface area contributed by atoms with Crippen molar-refractivity contribution in [2.24, 2.45) is 12.5 Å². The molecule has 3 aliphatic rings. The van der Waals surface area contributed by atoms with Crippen molar-refractivity contribution in [3.8, 4) is 0 Å². The highest BCUT2D eigenvalue weighted by molar-refractivity contribution is 7.91. The number of nitrogens with one attached hydrogen (secondary N) is 1. The van der Waals surface area contributed by atoms with Crippen LogP contribution in [0.3, 0.4) is 0 Å². The van der Waals surface area contributed by atoms with Gasteiger partial charge in [0.2, 0.25) is 0 Å². The van der Waals surface area contributed by atoms with Crippen LogP contribution in [0.25, 0.3) is 22.1 Å². The van der Waals surface area contributed by atoms with Gasteiger partial charge in [-0.05, 0) is 30.7 Å². The lowest BCUT2D eigenvalue weighted by atomic mass is 9.40. The monoisotopic (exact) mass is 382 g/mol. The van der Waals surface area contributed by atoms with Crippen LogP contribution in [0.5, 0.6) is 0 Å². The molecule has 3 aliphatic carbocycles. The van der Waals surface area contributed by atoms with Crippen LogP contribution < -0.4 is 0 Å². The molecule has 3 fully saturated rings. The number of aromatic amines is 1. The van der Waals surface area contributed by atoms with Crippen LogP contribution in [0.1, 0.15) is 19.3 Å². The molecule has 0 aromatic carbocycles. The van der Waals surface area contributed by atoms with E-state index in [1.807, 2.05) is 18.6 Å². The first-order valence-electron chi connectivity index (χ1n) is 8.91. The number of hydrogen-bond donors (Lipinski definition) is 1. The largest absolute Gasteiger partial charge is 0.346 e. The Morgan fingerprint density at radius 2 is 2.04 bits per heavy atom. The average Bonchev–Trinajstić information content (AvgIpc) is 3.27. The topological polar surface area (TPSA) is 98.5 Å². The Kier molecular flexibility index (Phi) is 2.61. The molecular formula is C18H18N6O2S. The molecule has 0 aliphatic heterocycles. The van der Waals surface area contributed by atoms with Crippen LogP contribution in [0, 0.1) is 5.41 Å². The van der Waals surface area contributed by atoms with Crippen molar-refractivity contribution in [3.63, 3.8) is 0 Å². The third-order valence-electron chi connectivity index (χ3n) is 6.25. The van der Waals surface area contributed by atoms with Gasteiger partial charge in [0.25, 0.3) is 0 Å². The standard InChI is InChI=1S/C18H18N6O2S/c1-23-6-12(4-22-23)27(25,26)10-17-7-18(8-17,9-17)24-11-21-14-5-20-16-13(15(14)24)2-3-19-16/h2-6,11H,7-10H2,1H3,(H,19,20). The Labute approximate surface area is 155 Å². The number of hydrogen-bond acceptors (Lipinski definition) is 5. The summed E-state index contributed by atoms with van der Waals surface area (Å²) in [7, 11) is -1.58. The maximum absolute atomic E-state index is 12.7. The van der Waals surface area contributed by atoms with Crippen LogP contribution in [0.4, 0.5) is 0 Å². The van der Waals surface area contributed by atoms with Gasteiger partial charge in [0, 0.05) is 30.4 Å². The Bertz CT molecular complexity index is 1310. The van der Waals surface area contributed by atoms with Gasteiger partial charge < -0.3 is 9.55 Å². The SMILES string of the molecule is Cn1cc(S(=O)(=O)CC23CC(n4cnc5cnc6[nH]ccc6c54)(C2)C3)cn1. The molecule has 0 radical (unpaired) electrons. The molecule has 27 heavy (non-hydrogen) atoms. The number of imidazole rings is 1. The van der Waals surface area contributed by atoms with E-state index in [1.165, 1.54) is 10.9 Å². The summed E-state index contributed by atoms with van der Waals surface area (Å²) in [6.45, 7) is 0. The van der Waals surface area contributed by atoms with Gasteiger partial charge in [-0.2, -0.15) is 5.10 Å². The van der Waals surface area contributed by atoms with E-state index in [1.54, 1.807) is 19.4 Å². The van der Waals surface area contributed by atoms with Crippen molar-refractivity contribution in [2.75, 3.05) is 5.75 Å². The highest BCUT2D eigenvalue weighted by Gasteiger charge is 2.70. The highest BCUT2D eigenvalue weighted by atomic mass is 32.2. The third kappa shape index (κ3) is 1.92. The van der Waals surface area contributed by atoms with E-state index < -0.39 is 9.84 Å². The summed E-state index contributed by atoms with van der Waals surface area (Å²) in [5.41, 5.74) is 2.69. The minimum Gasteiger partial charge on any atom is -0.346 e. The fourth-order valence-electron chi connectivity index (χ4n) is 5.26. The number of aryl methyl sites for hydroxylation is 1. The molecule has 0 spiro atoms. The smallest absolute Gasteiger partial charge is 0.182 e. The van der Waals surface area contributed by atoms with Crippen LogP contribution in [0.15, 0.2) is 42.1 Å². The van der Waals surface area contributed by atoms with Crippen molar-refractivity contribution >= 4 is 31.9 Å². The van der Waals surface area contributed by atoms with Crippen molar-refractivity contribution in [1.82, 2.24) is 29.3 Å². The number of H-pyrrole nitrogens is 1. The molecule has 4 aromatic rings. The van der Waals surface area contributed by atoms with Crippen molar-refractivity contribution in [3.05, 3.63) is 37.2 Å². The normalized spacial score (nSPS) is 27.0. The first-order chi connectivity index (χ1) is 12.9. The molecule has 0 saturated heterocycles. The molecule has 8 nitrogen and oxygen atoms in total. The molecule has 3 saturated carbocycles. The van der Waals surface area contributed by atoms with Crippen LogP contribution >= 0.6 is 0 Å². The van der Waals surface area contributed by atoms with Crippen molar-refractivity contribution in [1.29, 1.82) is 0 Å². The Hall–Kier alpha value is -2.68. The van der Waals surface area contributed by atoms with E-state index in [2.05, 4.69) is 24.6 Å². The summed E-state index contributed by atoms with van der Waals surface area (Å²) in [5.74, 6) is 0.196. The van der Waals surface area contributed by atoms with E-state index >= 15 is 0 Å². The van der Waals surface area contributed by atoms with E-state index in [0.717, 1.165) is 41.3 Å². The van der Waals surface area contributed by atoms with Crippen molar-refractivity contribution < 1.29 is 8.42 Å². The lowest BCUT2D eigenvalue weighted by molar-refractivity contribution is -0.168. The molecule has 4 heterocycles. The lowest BCUT2D eigenvalue weighted by Gasteiger charge is -2.71. The molecule has 7 rings (SSSR count). The maximum Gasteiger partial charge on any atom is 0.182 e. The Morgan fingerprint density at radius 3 is 2.78 bits per heavy atom. The first kappa shape index (κ1) is 15.4. The number of nitrogens with zero attached hydrogens (tertiary/aromatic N) is 5. The number of aromatic nitrogens is 6. The second-order valence-corrected chi connectivity index (χ2v) is 10.2. The zero-order valence-corrected chi connectivity index (χ0v) is 15.6. The van der Waals surface area contributed by atoms with Crippen molar-refractivity contribution in [2.45, 2.75) is 29.7 Å². The fraction of sp³-hybridized carbons (Fsp3) is 0.389. The van der Waals surface area contributed by atoms with Gasteiger partial charge in [-0.15, -0.1) is 0 Å². The predicted octanol–water partition coefficient (Wildman–Crippen LogP) is 2.00. The summed E-state index contributed by atoms with van der Waals surface area (Å²) >= 11 is 0. The number of pyridine rings is 1. The minimum atomic E-state index is -3.31. The Balaban J connectivity index is 1.32. The fourth-order valence-corrected chi connectivity index (χ4v) is 7.06. The molecule has 0 atom stereocenters. The van der Waals surface area contributed by atoms with Gasteiger partial charge in [-0.1, -0.05) is 0 Å². The van der Waals surface area contributed by atoms with Gasteiger partial charge in [0.1, 0.15) is 16.1 Å². The zero-order chi connectivity index (χ0) is 18.4. The molecule has 2 bridgehead atoms. The second-order valence-electron chi connectivity index (χ2n) is 8.21. The molecule has 0 unspecified atom stereocenters. The molecule has 1 N–H and O–H groups in total. The summed E-state index contributed by atoms with van der Waals surface area (Å²) < 4.78 is 29.3. The number of sulfone groups is 1. The zero-order valence-electron chi connectivity index (χ0n) is 14.8. The van der Waals surface area contributed by atoms with Gasteiger partial charge in [0.15, 0.2) is 9.84 Å². The summed E-state index contributed by atoms with van der Waals surface area (Å²) in [4.78, 5) is 12.4. The highest BCUT2D eigenvalue weighted by Crippen LogP contribution is 2.72. The quantitative estimate of drug-likeness (QED) is 0.582. The van der Waals surface area contributed by atoms with Crippen LogP contribution in [0.2, 0.25) is 0 Å². The van der Waals surface area contributed by atoms with Gasteiger partial charge >= 0.3 is 0 Å². The van der Waals surface area contributed by atoms with E-state index in [0.29, 0.717) is 4.90 Å². The maximum atomic E-state index is 12.7. The average molecular weight is 382 g/mol. The number of rotatable bonds is 4. The molecule has 0 amide bonds. The predicted molar refractivity (Wildman–Crippen MR) is 98.9 cm³/mol. The molecule has 4 aromatic heterocycles. The van der Waals surface area contributed by atoms with E-state index in [9.17, 15) is 8.42 Å². The summed E-state index contributed by atoms with van der Waals surface area (Å²) in [5, 5.41) is 5.06. The van der Waals surface area contributed by atoms with Gasteiger partial charge in [-0.25, -0.2) is 18.4 Å². The Morgan fingerprint density at radius 1 is 1.22 bits per heavy atom. The number of fused-ring (bicyclic) bond motifs is 3. The van der Waals surface area contributed by atoms with Crippen LogP contribution in [-0.2, 0) is 22.4 Å². The van der Waals surface area contributed by atoms with Crippen LogP contribution in [-0.4, -0.2) is 43.5 Å². The van der Waals surface area contributed by atoms with Gasteiger partial charge in [-0.3, -0.25) is 4.68 Å². The van der Waals surface area contributed by atoms with Gasteiger partial charge in [0.05, 0.1) is 30.0 Å². The first-order valence-corrected chi connectivity index (χ1v) is 10.6. The third-order valence-corrected chi connectivity index (χ3v) is 8.17. The molecule has 138 valence electrons. The molecule has 9 heteroatoms. The summed E-state index contributed by atoms with van der Waals surface area (Å²) in [6.07, 6.45) is 11.2. The summed E-state index contributed by atoms with van der Waals surface area (Å²) in [6, 6.07) is 2.02.